The van der Waals surface area contributed by atoms with E-state index in [-0.39, 0.29) is 11.8 Å². The molecule has 2 amide bonds. The first-order chi connectivity index (χ1) is 18.8. The fourth-order valence-corrected chi connectivity index (χ4v) is 6.25. The number of carbonyl (C=O) groups excluding carboxylic acids is 2. The van der Waals surface area contributed by atoms with Crippen molar-refractivity contribution in [3.63, 3.8) is 0 Å². The number of rotatable bonds is 4. The molecule has 1 N–H and O–H groups in total. The predicted octanol–water partition coefficient (Wildman–Crippen LogP) is 5.33. The lowest BCUT2D eigenvalue weighted by Crippen LogP contribution is -2.47. The molecule has 6 rings (SSSR count). The van der Waals surface area contributed by atoms with E-state index in [2.05, 4.69) is 34.4 Å². The van der Waals surface area contributed by atoms with Crippen molar-refractivity contribution in [3.05, 3.63) is 82.0 Å². The second-order valence-corrected chi connectivity index (χ2v) is 11.2. The molecule has 198 valence electrons. The van der Waals surface area contributed by atoms with Crippen molar-refractivity contribution in [1.29, 1.82) is 0 Å². The Hall–Kier alpha value is -4.01. The van der Waals surface area contributed by atoms with Crippen LogP contribution in [0.1, 0.15) is 32.9 Å². The Morgan fingerprint density at radius 1 is 1.00 bits per heavy atom. The number of benzene rings is 2. The van der Waals surface area contributed by atoms with E-state index in [1.165, 1.54) is 0 Å². The van der Waals surface area contributed by atoms with Crippen LogP contribution in [-0.4, -0.2) is 71.9 Å². The molecule has 0 atom stereocenters. The van der Waals surface area contributed by atoms with Crippen molar-refractivity contribution in [2.45, 2.75) is 13.8 Å². The van der Waals surface area contributed by atoms with Gasteiger partial charge in [-0.05, 0) is 44.7 Å². The molecule has 2 aromatic carbocycles. The Balaban J connectivity index is 1.35. The number of piperazine rings is 1. The van der Waals surface area contributed by atoms with Gasteiger partial charge in [-0.1, -0.05) is 36.4 Å². The van der Waals surface area contributed by atoms with Gasteiger partial charge in [0.1, 0.15) is 5.01 Å². The number of H-pyrrole nitrogens is 1. The fourth-order valence-electron chi connectivity index (χ4n) is 5.42. The molecule has 4 aromatic rings. The summed E-state index contributed by atoms with van der Waals surface area (Å²) in [6, 6.07) is 16.2. The minimum Gasteiger partial charge on any atom is -0.358 e. The van der Waals surface area contributed by atoms with Crippen molar-refractivity contribution in [1.82, 2.24) is 19.8 Å². The van der Waals surface area contributed by atoms with E-state index in [1.807, 2.05) is 61.2 Å². The molecule has 7 nitrogen and oxygen atoms in total. The maximum absolute atomic E-state index is 13.4. The highest BCUT2D eigenvalue weighted by Gasteiger charge is 2.31. The highest BCUT2D eigenvalue weighted by molar-refractivity contribution is 7.13. The molecule has 39 heavy (non-hydrogen) atoms. The van der Waals surface area contributed by atoms with Crippen LogP contribution in [-0.2, 0) is 4.79 Å². The van der Waals surface area contributed by atoms with Gasteiger partial charge in [0.2, 0.25) is 0 Å². The molecule has 0 radical (unpaired) electrons. The monoisotopic (exact) mass is 537 g/mol. The predicted molar refractivity (Wildman–Crippen MR) is 158 cm³/mol. The minimum absolute atomic E-state index is 0.0503. The van der Waals surface area contributed by atoms with Crippen LogP contribution in [0.5, 0.6) is 0 Å². The van der Waals surface area contributed by atoms with Crippen molar-refractivity contribution in [2.24, 2.45) is 0 Å². The number of likely N-dealkylation sites (N-methyl/N-ethyl adjacent to an activating group) is 2. The second-order valence-electron chi connectivity index (χ2n) is 10.3. The maximum Gasteiger partial charge on any atom is 0.258 e. The summed E-state index contributed by atoms with van der Waals surface area (Å²) >= 11 is 1.61. The fraction of sp³-hybridized carbons (Fsp3) is 0.258. The maximum atomic E-state index is 13.4. The van der Waals surface area contributed by atoms with Crippen LogP contribution in [0, 0.1) is 13.8 Å². The SMILES string of the molecule is Cc1[nH]c(/C=C2\C(=O)N(C)c3ccc(-c4csc(-c5ccccc5)n4)cc32)c(C)c1C(=O)N1CCN(C)CC1. The number of hydrogen-bond acceptors (Lipinski definition) is 5. The number of nitrogens with zero attached hydrogens (tertiary/aromatic N) is 4. The average molecular weight is 538 g/mol. The van der Waals surface area contributed by atoms with Crippen molar-refractivity contribution < 1.29 is 9.59 Å². The highest BCUT2D eigenvalue weighted by Crippen LogP contribution is 2.40. The Morgan fingerprint density at radius 2 is 1.74 bits per heavy atom. The van der Waals surface area contributed by atoms with Crippen LogP contribution in [0.3, 0.4) is 0 Å². The van der Waals surface area contributed by atoms with E-state index in [1.54, 1.807) is 23.3 Å². The molecule has 4 heterocycles. The van der Waals surface area contributed by atoms with Gasteiger partial charge in [-0.2, -0.15) is 0 Å². The van der Waals surface area contributed by atoms with E-state index < -0.39 is 0 Å². The lowest BCUT2D eigenvalue weighted by molar-refractivity contribution is -0.112. The zero-order valence-corrected chi connectivity index (χ0v) is 23.4. The van der Waals surface area contributed by atoms with Crippen LogP contribution in [0.15, 0.2) is 53.9 Å². The molecule has 2 aliphatic rings. The third-order valence-corrected chi connectivity index (χ3v) is 8.66. The van der Waals surface area contributed by atoms with Gasteiger partial charge < -0.3 is 19.7 Å². The Morgan fingerprint density at radius 3 is 2.49 bits per heavy atom. The van der Waals surface area contributed by atoms with Gasteiger partial charge in [-0.15, -0.1) is 11.3 Å². The summed E-state index contributed by atoms with van der Waals surface area (Å²) in [5.74, 6) is -0.0155. The van der Waals surface area contributed by atoms with E-state index in [9.17, 15) is 9.59 Å². The van der Waals surface area contributed by atoms with Gasteiger partial charge in [0, 0.05) is 66.7 Å². The van der Waals surface area contributed by atoms with Crippen molar-refractivity contribution >= 4 is 40.5 Å². The van der Waals surface area contributed by atoms with Crippen LogP contribution in [0.2, 0.25) is 0 Å². The first-order valence-electron chi connectivity index (χ1n) is 13.1. The average Bonchev–Trinajstić information content (AvgIpc) is 3.61. The number of nitrogens with one attached hydrogen (secondary N) is 1. The lowest BCUT2D eigenvalue weighted by atomic mass is 10.0. The van der Waals surface area contributed by atoms with Crippen LogP contribution >= 0.6 is 11.3 Å². The molecule has 2 aliphatic heterocycles. The number of anilines is 1. The molecule has 1 saturated heterocycles. The number of aryl methyl sites for hydroxylation is 1. The molecule has 8 heteroatoms. The largest absolute Gasteiger partial charge is 0.358 e. The molecular formula is C31H31N5O2S. The summed E-state index contributed by atoms with van der Waals surface area (Å²) in [4.78, 5) is 40.9. The Bertz CT molecular complexity index is 1610. The van der Waals surface area contributed by atoms with Gasteiger partial charge in [-0.3, -0.25) is 9.59 Å². The smallest absolute Gasteiger partial charge is 0.258 e. The number of hydrogen-bond donors (Lipinski definition) is 1. The first-order valence-corrected chi connectivity index (χ1v) is 14.0. The summed E-state index contributed by atoms with van der Waals surface area (Å²) in [5.41, 5.74) is 8.47. The number of aromatic nitrogens is 2. The number of thiazole rings is 1. The van der Waals surface area contributed by atoms with Crippen molar-refractivity contribution in [2.75, 3.05) is 45.2 Å². The Labute approximate surface area is 232 Å². The highest BCUT2D eigenvalue weighted by atomic mass is 32.1. The normalized spacial score (nSPS) is 16.8. The number of amides is 2. The first kappa shape index (κ1) is 25.3. The van der Waals surface area contributed by atoms with Gasteiger partial charge in [0.25, 0.3) is 11.8 Å². The quantitative estimate of drug-likeness (QED) is 0.358. The molecule has 1 fully saturated rings. The summed E-state index contributed by atoms with van der Waals surface area (Å²) in [6.07, 6.45) is 1.90. The summed E-state index contributed by atoms with van der Waals surface area (Å²) < 4.78 is 0. The third kappa shape index (κ3) is 4.49. The lowest BCUT2D eigenvalue weighted by Gasteiger charge is -2.32. The third-order valence-electron chi connectivity index (χ3n) is 7.77. The Kier molecular flexibility index (Phi) is 6.45. The van der Waals surface area contributed by atoms with E-state index in [0.717, 1.165) is 76.2 Å². The molecule has 0 bridgehead atoms. The van der Waals surface area contributed by atoms with Gasteiger partial charge >= 0.3 is 0 Å². The zero-order valence-electron chi connectivity index (χ0n) is 22.6. The molecular weight excluding hydrogens is 506 g/mol. The van der Waals surface area contributed by atoms with Gasteiger partial charge in [0.05, 0.1) is 22.5 Å². The molecule has 0 saturated carbocycles. The van der Waals surface area contributed by atoms with Crippen molar-refractivity contribution in [3.8, 4) is 21.8 Å². The van der Waals surface area contributed by atoms with Gasteiger partial charge in [-0.25, -0.2) is 4.98 Å². The summed E-state index contributed by atoms with van der Waals surface area (Å²) in [7, 11) is 3.88. The standard InChI is InChI=1S/C31H31N5O2S/c1-19-25(32-20(2)28(19)31(38)36-14-12-34(3)13-15-36)17-24-23-16-22(10-11-27(23)35(4)30(24)37)26-18-39-29(33-26)21-8-6-5-7-9-21/h5-11,16-18,32H,12-15H2,1-4H3/b24-17-. The van der Waals surface area contributed by atoms with E-state index in [4.69, 9.17) is 4.98 Å². The number of aromatic amines is 1. The summed E-state index contributed by atoms with van der Waals surface area (Å²) in [5, 5.41) is 3.02. The minimum atomic E-state index is -0.0657. The summed E-state index contributed by atoms with van der Waals surface area (Å²) in [6.45, 7) is 7.07. The van der Waals surface area contributed by atoms with Crippen LogP contribution in [0.4, 0.5) is 5.69 Å². The molecule has 0 unspecified atom stereocenters. The number of carbonyl (C=O) groups is 2. The zero-order chi connectivity index (χ0) is 27.3. The molecule has 0 spiro atoms. The second kappa shape index (κ2) is 9.94. The van der Waals surface area contributed by atoms with Crippen LogP contribution < -0.4 is 4.90 Å². The molecule has 2 aromatic heterocycles. The number of fused-ring (bicyclic) bond motifs is 1. The van der Waals surface area contributed by atoms with Gasteiger partial charge in [0.15, 0.2) is 0 Å². The van der Waals surface area contributed by atoms with E-state index >= 15 is 0 Å². The van der Waals surface area contributed by atoms with Crippen LogP contribution in [0.25, 0.3) is 33.5 Å². The topological polar surface area (TPSA) is 72.5 Å². The molecule has 0 aliphatic carbocycles. The van der Waals surface area contributed by atoms with E-state index in [0.29, 0.717) is 11.1 Å².